The Bertz CT molecular complexity index is 647. The molecular weight excluding hydrogens is 310 g/mol. The molecule has 0 aromatic heterocycles. The Kier molecular flexibility index (Phi) is 5.00. The summed E-state index contributed by atoms with van der Waals surface area (Å²) in [6.07, 6.45) is 1.83. The molecule has 1 aromatic rings. The lowest BCUT2D eigenvalue weighted by Crippen LogP contribution is -2.56. The van der Waals surface area contributed by atoms with Crippen LogP contribution in [-0.4, -0.2) is 55.6 Å². The highest BCUT2D eigenvalue weighted by Crippen LogP contribution is 2.32. The number of hydrogen-bond donors (Lipinski definition) is 2. The summed E-state index contributed by atoms with van der Waals surface area (Å²) in [5.74, 6) is 0.939. The van der Waals surface area contributed by atoms with Crippen LogP contribution < -0.4 is 20.1 Å². The zero-order valence-electron chi connectivity index (χ0n) is 13.4. The van der Waals surface area contributed by atoms with Gasteiger partial charge in [-0.05, 0) is 12.1 Å². The van der Waals surface area contributed by atoms with E-state index in [1.54, 1.807) is 24.3 Å². The number of fused-ring (bicyclic) bond motifs is 1. The molecule has 7 heteroatoms. The molecule has 0 radical (unpaired) electrons. The predicted octanol–water partition coefficient (Wildman–Crippen LogP) is 0.773. The smallest absolute Gasteiger partial charge is 0.237 e. The molecule has 1 unspecified atom stereocenters. The summed E-state index contributed by atoms with van der Waals surface area (Å²) in [6.45, 7) is 6.59. The molecule has 7 nitrogen and oxygen atoms in total. The normalized spacial score (nSPS) is 20.2. The predicted molar refractivity (Wildman–Crippen MR) is 89.2 cm³/mol. The van der Waals surface area contributed by atoms with Crippen LogP contribution >= 0.6 is 0 Å². The Morgan fingerprint density at radius 3 is 2.96 bits per heavy atom. The minimum absolute atomic E-state index is 0.0914. The molecule has 2 N–H and O–H groups in total. The first-order valence-electron chi connectivity index (χ1n) is 7.99. The van der Waals surface area contributed by atoms with Crippen LogP contribution in [0.25, 0.3) is 0 Å². The number of carbonyl (C=O) groups is 2. The largest absolute Gasteiger partial charge is 0.486 e. The average molecular weight is 331 g/mol. The van der Waals surface area contributed by atoms with Gasteiger partial charge in [0.1, 0.15) is 13.2 Å². The number of hydrogen-bond acceptors (Lipinski definition) is 5. The van der Waals surface area contributed by atoms with Crippen LogP contribution in [0.1, 0.15) is 6.42 Å². The first-order chi connectivity index (χ1) is 11.7. The first kappa shape index (κ1) is 16.3. The molecule has 2 aliphatic rings. The summed E-state index contributed by atoms with van der Waals surface area (Å²) in [7, 11) is 0. The second-order valence-corrected chi connectivity index (χ2v) is 5.70. The summed E-state index contributed by atoms with van der Waals surface area (Å²) in [5.41, 5.74) is 0.621. The van der Waals surface area contributed by atoms with Gasteiger partial charge in [-0.2, -0.15) is 0 Å². The number of carbonyl (C=O) groups excluding carboxylic acids is 2. The SMILES string of the molecule is C=CCN1CCNC(=O)C1CC(=O)Nc1ccc2c(c1)OCCO2. The number of piperazine rings is 1. The fourth-order valence-corrected chi connectivity index (χ4v) is 2.88. The van der Waals surface area contributed by atoms with Crippen LogP contribution in [0.4, 0.5) is 5.69 Å². The minimum Gasteiger partial charge on any atom is -0.486 e. The van der Waals surface area contributed by atoms with Crippen LogP contribution in [-0.2, 0) is 9.59 Å². The van der Waals surface area contributed by atoms with Crippen LogP contribution in [0.5, 0.6) is 11.5 Å². The molecule has 128 valence electrons. The van der Waals surface area contributed by atoms with E-state index in [0.717, 1.165) is 0 Å². The maximum Gasteiger partial charge on any atom is 0.237 e. The highest BCUT2D eigenvalue weighted by molar-refractivity contribution is 5.95. The molecule has 2 amide bonds. The summed E-state index contributed by atoms with van der Waals surface area (Å²) >= 11 is 0. The summed E-state index contributed by atoms with van der Waals surface area (Å²) in [5, 5.41) is 5.61. The van der Waals surface area contributed by atoms with Gasteiger partial charge in [0.2, 0.25) is 11.8 Å². The maximum absolute atomic E-state index is 12.3. The summed E-state index contributed by atoms with van der Waals surface area (Å²) in [6, 6.07) is 4.78. The number of benzene rings is 1. The Labute approximate surface area is 140 Å². The van der Waals surface area contributed by atoms with E-state index in [0.29, 0.717) is 50.0 Å². The van der Waals surface area contributed by atoms with Crippen molar-refractivity contribution in [1.29, 1.82) is 0 Å². The van der Waals surface area contributed by atoms with Crippen LogP contribution in [0, 0.1) is 0 Å². The number of ether oxygens (including phenoxy) is 2. The molecular formula is C17H21N3O4. The molecule has 1 fully saturated rings. The van der Waals surface area contributed by atoms with E-state index in [9.17, 15) is 9.59 Å². The monoisotopic (exact) mass is 331 g/mol. The van der Waals surface area contributed by atoms with Gasteiger partial charge in [0.05, 0.1) is 12.5 Å². The maximum atomic E-state index is 12.3. The lowest BCUT2D eigenvalue weighted by Gasteiger charge is -2.33. The number of rotatable bonds is 5. The summed E-state index contributed by atoms with van der Waals surface area (Å²) < 4.78 is 11.0. The van der Waals surface area contributed by atoms with Crippen molar-refractivity contribution in [1.82, 2.24) is 10.2 Å². The van der Waals surface area contributed by atoms with Gasteiger partial charge in [0.25, 0.3) is 0 Å². The highest BCUT2D eigenvalue weighted by Gasteiger charge is 2.30. The van der Waals surface area contributed by atoms with Gasteiger partial charge in [-0.25, -0.2) is 0 Å². The second-order valence-electron chi connectivity index (χ2n) is 5.70. The van der Waals surface area contributed by atoms with E-state index in [1.807, 2.05) is 4.90 Å². The van der Waals surface area contributed by atoms with E-state index >= 15 is 0 Å². The average Bonchev–Trinajstić information content (AvgIpc) is 2.58. The van der Waals surface area contributed by atoms with Gasteiger partial charge in [-0.1, -0.05) is 6.08 Å². The third-order valence-corrected chi connectivity index (χ3v) is 4.01. The zero-order valence-corrected chi connectivity index (χ0v) is 13.4. The van der Waals surface area contributed by atoms with Crippen molar-refractivity contribution < 1.29 is 19.1 Å². The fraction of sp³-hybridized carbons (Fsp3) is 0.412. The minimum atomic E-state index is -0.478. The molecule has 0 saturated carbocycles. The standard InChI is InChI=1S/C17H21N3O4/c1-2-6-20-7-5-18-17(22)13(20)11-16(21)19-12-3-4-14-15(10-12)24-9-8-23-14/h2-4,10,13H,1,5-9,11H2,(H,18,22)(H,19,21). The molecule has 1 aromatic carbocycles. The van der Waals surface area contributed by atoms with Crippen molar-refractivity contribution in [2.24, 2.45) is 0 Å². The van der Waals surface area contributed by atoms with Gasteiger partial charge in [0.15, 0.2) is 11.5 Å². The van der Waals surface area contributed by atoms with Crippen molar-refractivity contribution in [3.05, 3.63) is 30.9 Å². The number of amides is 2. The molecule has 0 aliphatic carbocycles. The Balaban J connectivity index is 1.64. The lowest BCUT2D eigenvalue weighted by atomic mass is 10.1. The molecule has 0 spiro atoms. The number of nitrogens with one attached hydrogen (secondary N) is 2. The van der Waals surface area contributed by atoms with Gasteiger partial charge in [-0.3, -0.25) is 14.5 Å². The quantitative estimate of drug-likeness (QED) is 0.779. The second kappa shape index (κ2) is 7.35. The molecule has 2 aliphatic heterocycles. The van der Waals surface area contributed by atoms with Crippen LogP contribution in [0.15, 0.2) is 30.9 Å². The number of nitrogens with zero attached hydrogens (tertiary/aromatic N) is 1. The third kappa shape index (κ3) is 3.68. The molecule has 1 atom stereocenters. The molecule has 1 saturated heterocycles. The third-order valence-electron chi connectivity index (χ3n) is 4.01. The van der Waals surface area contributed by atoms with Gasteiger partial charge in [0, 0.05) is 31.4 Å². The molecule has 3 rings (SSSR count). The molecule has 0 bridgehead atoms. The lowest BCUT2D eigenvalue weighted by molar-refractivity contribution is -0.132. The van der Waals surface area contributed by atoms with E-state index < -0.39 is 6.04 Å². The first-order valence-corrected chi connectivity index (χ1v) is 7.99. The fourth-order valence-electron chi connectivity index (χ4n) is 2.88. The Hall–Kier alpha value is -2.54. The van der Waals surface area contributed by atoms with E-state index in [4.69, 9.17) is 9.47 Å². The van der Waals surface area contributed by atoms with Crippen molar-refractivity contribution in [2.75, 3.05) is 38.2 Å². The number of anilines is 1. The van der Waals surface area contributed by atoms with Crippen molar-refractivity contribution in [2.45, 2.75) is 12.5 Å². The van der Waals surface area contributed by atoms with E-state index in [-0.39, 0.29) is 18.2 Å². The summed E-state index contributed by atoms with van der Waals surface area (Å²) in [4.78, 5) is 26.3. The molecule has 24 heavy (non-hydrogen) atoms. The van der Waals surface area contributed by atoms with E-state index in [1.165, 1.54) is 0 Å². The van der Waals surface area contributed by atoms with E-state index in [2.05, 4.69) is 17.2 Å². The van der Waals surface area contributed by atoms with Gasteiger partial charge < -0.3 is 20.1 Å². The molecule has 2 heterocycles. The van der Waals surface area contributed by atoms with Gasteiger partial charge >= 0.3 is 0 Å². The van der Waals surface area contributed by atoms with Crippen LogP contribution in [0.3, 0.4) is 0 Å². The van der Waals surface area contributed by atoms with Crippen molar-refractivity contribution in [3.8, 4) is 11.5 Å². The Morgan fingerprint density at radius 1 is 1.38 bits per heavy atom. The van der Waals surface area contributed by atoms with Crippen molar-refractivity contribution in [3.63, 3.8) is 0 Å². The topological polar surface area (TPSA) is 79.9 Å². The van der Waals surface area contributed by atoms with Gasteiger partial charge in [-0.15, -0.1) is 6.58 Å². The highest BCUT2D eigenvalue weighted by atomic mass is 16.6. The Morgan fingerprint density at radius 2 is 2.17 bits per heavy atom. The van der Waals surface area contributed by atoms with Crippen LogP contribution in [0.2, 0.25) is 0 Å². The zero-order chi connectivity index (χ0) is 16.9. The van der Waals surface area contributed by atoms with Crippen molar-refractivity contribution >= 4 is 17.5 Å².